The van der Waals surface area contributed by atoms with Gasteiger partial charge in [0.1, 0.15) is 17.7 Å². The van der Waals surface area contributed by atoms with E-state index in [0.29, 0.717) is 6.54 Å². The number of nitrogens with one attached hydrogen (secondary N) is 2. The molecule has 0 fully saturated rings. The van der Waals surface area contributed by atoms with E-state index in [1.165, 1.54) is 6.92 Å². The van der Waals surface area contributed by atoms with Gasteiger partial charge in [0.15, 0.2) is 0 Å². The van der Waals surface area contributed by atoms with Crippen LogP contribution in [0.5, 0.6) is 0 Å². The Hall–Kier alpha value is -2.18. The van der Waals surface area contributed by atoms with Gasteiger partial charge >= 0.3 is 0 Å². The number of anilines is 1. The number of pyridine rings is 1. The number of nitrogens with zero attached hydrogens (tertiary/aromatic N) is 1. The number of carbonyl (C=O) groups excluding carboxylic acids is 2. The minimum atomic E-state index is -0.838. The lowest BCUT2D eigenvalue weighted by molar-refractivity contribution is -0.119. The summed E-state index contributed by atoms with van der Waals surface area (Å²) >= 11 is 0. The largest absolute Gasteiger partial charge is 0.370 e. The summed E-state index contributed by atoms with van der Waals surface area (Å²) in [4.78, 5) is 26.5. The Kier molecular flexibility index (Phi) is 4.59. The van der Waals surface area contributed by atoms with Crippen LogP contribution in [0.3, 0.4) is 0 Å². The number of hydrogen-bond acceptors (Lipinski definition) is 4. The lowest BCUT2D eigenvalue weighted by atomic mass is 10.2. The molecule has 0 aliphatic carbocycles. The zero-order chi connectivity index (χ0) is 13.7. The summed E-state index contributed by atoms with van der Waals surface area (Å²) in [6.07, 6.45) is 1.01. The number of carbonyl (C=O) groups is 2. The van der Waals surface area contributed by atoms with Crippen LogP contribution in [-0.4, -0.2) is 29.4 Å². The zero-order valence-corrected chi connectivity index (χ0v) is 10.2. The van der Waals surface area contributed by atoms with E-state index in [-0.39, 0.29) is 11.4 Å². The number of rotatable bonds is 5. The van der Waals surface area contributed by atoms with Crippen molar-refractivity contribution in [1.82, 2.24) is 10.3 Å². The van der Waals surface area contributed by atoms with Crippen LogP contribution >= 0.6 is 0 Å². The lowest BCUT2D eigenvalue weighted by Crippen LogP contribution is -2.42. The second-order valence-electron chi connectivity index (χ2n) is 3.68. The number of hydrogen-bond donors (Lipinski definition) is 3. The summed E-state index contributed by atoms with van der Waals surface area (Å²) in [7, 11) is 0. The Morgan fingerprint density at radius 1 is 1.56 bits per heavy atom. The Labute approximate surface area is 104 Å². The minimum absolute atomic E-state index is 0.0324. The molecule has 1 unspecified atom stereocenters. The lowest BCUT2D eigenvalue weighted by Gasteiger charge is -2.13. The Balaban J connectivity index is 2.96. The van der Waals surface area contributed by atoms with E-state index < -0.39 is 23.7 Å². The monoisotopic (exact) mass is 254 g/mol. The van der Waals surface area contributed by atoms with Gasteiger partial charge in [-0.1, -0.05) is 0 Å². The second-order valence-corrected chi connectivity index (χ2v) is 3.68. The molecular formula is C11H15FN4O2. The first-order valence-electron chi connectivity index (χ1n) is 5.45. The van der Waals surface area contributed by atoms with Crippen LogP contribution in [0.2, 0.25) is 0 Å². The van der Waals surface area contributed by atoms with Gasteiger partial charge in [-0.25, -0.2) is 9.37 Å². The molecule has 1 heterocycles. The normalized spacial score (nSPS) is 11.7. The van der Waals surface area contributed by atoms with E-state index in [0.717, 1.165) is 12.3 Å². The predicted molar refractivity (Wildman–Crippen MR) is 64.5 cm³/mol. The third-order valence-electron chi connectivity index (χ3n) is 2.22. The zero-order valence-electron chi connectivity index (χ0n) is 10.2. The average Bonchev–Trinajstić information content (AvgIpc) is 2.31. The molecule has 18 heavy (non-hydrogen) atoms. The molecule has 0 spiro atoms. The summed E-state index contributed by atoms with van der Waals surface area (Å²) in [5, 5.41) is 5.19. The highest BCUT2D eigenvalue weighted by atomic mass is 19.1. The molecule has 7 heteroatoms. The molecule has 4 N–H and O–H groups in total. The molecule has 1 atom stereocenters. The van der Waals surface area contributed by atoms with Crippen molar-refractivity contribution in [2.75, 3.05) is 11.9 Å². The fourth-order valence-electron chi connectivity index (χ4n) is 1.27. The van der Waals surface area contributed by atoms with E-state index in [1.54, 1.807) is 0 Å². The van der Waals surface area contributed by atoms with Crippen molar-refractivity contribution < 1.29 is 14.0 Å². The van der Waals surface area contributed by atoms with E-state index in [2.05, 4.69) is 15.6 Å². The topological polar surface area (TPSA) is 97.1 Å². The van der Waals surface area contributed by atoms with Gasteiger partial charge in [0, 0.05) is 6.54 Å². The van der Waals surface area contributed by atoms with Gasteiger partial charge in [0.05, 0.1) is 11.8 Å². The molecule has 0 radical (unpaired) electrons. The Morgan fingerprint density at radius 3 is 2.78 bits per heavy atom. The molecule has 0 bridgehead atoms. The second kappa shape index (κ2) is 5.95. The number of halogens is 1. The molecule has 6 nitrogen and oxygen atoms in total. The van der Waals surface area contributed by atoms with Crippen molar-refractivity contribution >= 4 is 17.6 Å². The van der Waals surface area contributed by atoms with E-state index in [4.69, 9.17) is 5.73 Å². The van der Waals surface area contributed by atoms with Crippen molar-refractivity contribution in [3.05, 3.63) is 23.6 Å². The highest BCUT2D eigenvalue weighted by Gasteiger charge is 2.18. The third-order valence-corrected chi connectivity index (χ3v) is 2.22. The van der Waals surface area contributed by atoms with Gasteiger partial charge in [0.25, 0.3) is 5.91 Å². The van der Waals surface area contributed by atoms with Crippen LogP contribution in [0.15, 0.2) is 12.3 Å². The summed E-state index contributed by atoms with van der Waals surface area (Å²) in [6, 6.07) is 0.212. The maximum absolute atomic E-state index is 13.1. The molecule has 0 aliphatic rings. The maximum Gasteiger partial charge on any atom is 0.255 e. The van der Waals surface area contributed by atoms with Crippen LogP contribution in [0, 0.1) is 5.82 Å². The summed E-state index contributed by atoms with van der Waals surface area (Å²) in [6.45, 7) is 3.79. The summed E-state index contributed by atoms with van der Waals surface area (Å²) in [5.41, 5.74) is 5.06. The SMILES string of the molecule is CCNc1ncc(F)cc1C(=O)NC(C)C(N)=O. The van der Waals surface area contributed by atoms with Gasteiger partial charge in [-0.2, -0.15) is 0 Å². The smallest absolute Gasteiger partial charge is 0.255 e. The molecule has 98 valence electrons. The molecular weight excluding hydrogens is 239 g/mol. The number of nitrogens with two attached hydrogens (primary N) is 1. The molecule has 1 aromatic rings. The van der Waals surface area contributed by atoms with Crippen LogP contribution in [0.25, 0.3) is 0 Å². The maximum atomic E-state index is 13.1. The van der Waals surface area contributed by atoms with E-state index in [1.807, 2.05) is 6.92 Å². The van der Waals surface area contributed by atoms with Gasteiger partial charge in [-0.3, -0.25) is 9.59 Å². The fourth-order valence-corrected chi connectivity index (χ4v) is 1.27. The Bertz CT molecular complexity index is 464. The highest BCUT2D eigenvalue weighted by molar-refractivity contribution is 6.00. The fraction of sp³-hybridized carbons (Fsp3) is 0.364. The highest BCUT2D eigenvalue weighted by Crippen LogP contribution is 2.13. The first kappa shape index (κ1) is 13.9. The first-order chi connectivity index (χ1) is 8.45. The summed E-state index contributed by atoms with van der Waals surface area (Å²) in [5.74, 6) is -1.65. The molecule has 0 aromatic carbocycles. The molecule has 1 aromatic heterocycles. The van der Waals surface area contributed by atoms with E-state index in [9.17, 15) is 14.0 Å². The van der Waals surface area contributed by atoms with Gasteiger partial charge in [-0.05, 0) is 19.9 Å². The van der Waals surface area contributed by atoms with Crippen LogP contribution in [0.4, 0.5) is 10.2 Å². The van der Waals surface area contributed by atoms with Crippen molar-refractivity contribution in [3.63, 3.8) is 0 Å². The van der Waals surface area contributed by atoms with Crippen LogP contribution in [0.1, 0.15) is 24.2 Å². The number of amides is 2. The molecule has 0 saturated carbocycles. The predicted octanol–water partition coefficient (Wildman–Crippen LogP) is 0.256. The van der Waals surface area contributed by atoms with Crippen molar-refractivity contribution in [3.8, 4) is 0 Å². The summed E-state index contributed by atoms with van der Waals surface area (Å²) < 4.78 is 13.1. The molecule has 0 aliphatic heterocycles. The van der Waals surface area contributed by atoms with Crippen molar-refractivity contribution in [2.45, 2.75) is 19.9 Å². The van der Waals surface area contributed by atoms with Crippen molar-refractivity contribution in [2.24, 2.45) is 5.73 Å². The standard InChI is InChI=1S/C11H15FN4O2/c1-3-14-10-8(4-7(12)5-15-10)11(18)16-6(2)9(13)17/h4-6H,3H2,1-2H3,(H2,13,17)(H,14,15)(H,16,18). The average molecular weight is 254 g/mol. The van der Waals surface area contributed by atoms with Crippen LogP contribution < -0.4 is 16.4 Å². The first-order valence-corrected chi connectivity index (χ1v) is 5.45. The van der Waals surface area contributed by atoms with Gasteiger partial charge in [-0.15, -0.1) is 0 Å². The number of primary amides is 1. The van der Waals surface area contributed by atoms with Gasteiger partial charge < -0.3 is 16.4 Å². The third kappa shape index (κ3) is 3.41. The quantitative estimate of drug-likeness (QED) is 0.702. The molecule has 1 rings (SSSR count). The Morgan fingerprint density at radius 2 is 2.22 bits per heavy atom. The number of aromatic nitrogens is 1. The van der Waals surface area contributed by atoms with Gasteiger partial charge in [0.2, 0.25) is 5.91 Å². The van der Waals surface area contributed by atoms with Crippen LogP contribution in [-0.2, 0) is 4.79 Å². The molecule has 0 saturated heterocycles. The van der Waals surface area contributed by atoms with Crippen molar-refractivity contribution in [1.29, 1.82) is 0 Å². The molecule has 2 amide bonds. The van der Waals surface area contributed by atoms with E-state index >= 15 is 0 Å². The minimum Gasteiger partial charge on any atom is -0.370 e.